The van der Waals surface area contributed by atoms with Crippen molar-refractivity contribution >= 4 is 17.7 Å². The van der Waals surface area contributed by atoms with E-state index in [2.05, 4.69) is 10.2 Å². The van der Waals surface area contributed by atoms with Gasteiger partial charge in [-0.2, -0.15) is 0 Å². The Bertz CT molecular complexity index is 1060. The molecule has 1 aliphatic heterocycles. The first-order valence-electron chi connectivity index (χ1n) is 12.6. The lowest BCUT2D eigenvalue weighted by Gasteiger charge is -2.30. The topological polar surface area (TPSA) is 126 Å². The quantitative estimate of drug-likeness (QED) is 0.444. The van der Waals surface area contributed by atoms with Gasteiger partial charge in [0.15, 0.2) is 5.78 Å². The molecule has 2 aromatic rings. The fourth-order valence-corrected chi connectivity index (χ4v) is 4.50. The van der Waals surface area contributed by atoms with E-state index in [0.717, 1.165) is 11.3 Å². The van der Waals surface area contributed by atoms with Gasteiger partial charge in [-0.25, -0.2) is 0 Å². The minimum Gasteiger partial charge on any atom is -0.480 e. The van der Waals surface area contributed by atoms with E-state index in [1.54, 1.807) is 0 Å². The van der Waals surface area contributed by atoms with Crippen LogP contribution in [0.1, 0.15) is 32.9 Å². The fourth-order valence-electron chi connectivity index (χ4n) is 4.50. The second-order valence-corrected chi connectivity index (χ2v) is 9.45. The summed E-state index contributed by atoms with van der Waals surface area (Å²) in [4.78, 5) is 46.5. The van der Waals surface area contributed by atoms with E-state index in [4.69, 9.17) is 4.98 Å². The van der Waals surface area contributed by atoms with Crippen LogP contribution in [0.5, 0.6) is 0 Å². The minimum absolute atomic E-state index is 0.0340. The second kappa shape index (κ2) is 13.9. The van der Waals surface area contributed by atoms with Gasteiger partial charge in [0.25, 0.3) is 0 Å². The van der Waals surface area contributed by atoms with Crippen LogP contribution in [-0.4, -0.2) is 113 Å². The molecule has 0 spiro atoms. The molecule has 3 N–H and O–H groups in total. The van der Waals surface area contributed by atoms with Gasteiger partial charge in [-0.15, -0.1) is 0 Å². The van der Waals surface area contributed by atoms with E-state index >= 15 is 0 Å². The smallest absolute Gasteiger partial charge is 0.317 e. The first kappa shape index (κ1) is 28.4. The highest BCUT2D eigenvalue weighted by molar-refractivity contribution is 6.10. The van der Waals surface area contributed by atoms with Crippen molar-refractivity contribution in [2.75, 3.05) is 65.4 Å². The maximum atomic E-state index is 13.1. The zero-order valence-electron chi connectivity index (χ0n) is 21.7. The van der Waals surface area contributed by atoms with Crippen LogP contribution in [0.4, 0.5) is 0 Å². The molecule has 1 fully saturated rings. The molecule has 0 amide bonds. The number of carbonyl (C=O) groups is 3. The number of hydrogen-bond acceptors (Lipinski definition) is 8. The van der Waals surface area contributed by atoms with Crippen LogP contribution in [0.15, 0.2) is 36.4 Å². The summed E-state index contributed by atoms with van der Waals surface area (Å²) in [5.74, 6) is -1.78. The van der Waals surface area contributed by atoms with Crippen LogP contribution < -0.4 is 5.32 Å². The van der Waals surface area contributed by atoms with E-state index in [0.29, 0.717) is 75.7 Å². The van der Waals surface area contributed by atoms with E-state index in [1.165, 1.54) is 0 Å². The number of nitrogens with zero attached hydrogens (tertiary/aromatic N) is 4. The minimum atomic E-state index is -0.863. The van der Waals surface area contributed by atoms with Crippen LogP contribution in [0.2, 0.25) is 0 Å². The number of pyridine rings is 1. The number of aryl methyl sites for hydroxylation is 2. The Morgan fingerprint density at radius 1 is 0.784 bits per heavy atom. The maximum Gasteiger partial charge on any atom is 0.317 e. The molecule has 200 valence electrons. The summed E-state index contributed by atoms with van der Waals surface area (Å²) < 4.78 is 0. The van der Waals surface area contributed by atoms with Crippen LogP contribution in [0, 0.1) is 13.8 Å². The summed E-state index contributed by atoms with van der Waals surface area (Å²) in [7, 11) is 0. The summed E-state index contributed by atoms with van der Waals surface area (Å²) in [5.41, 5.74) is 3.62. The molecule has 3 rings (SSSR count). The molecular weight excluding hydrogens is 474 g/mol. The van der Waals surface area contributed by atoms with Crippen molar-refractivity contribution < 1.29 is 24.6 Å². The molecule has 0 bridgehead atoms. The summed E-state index contributed by atoms with van der Waals surface area (Å²) in [6.45, 7) is 8.99. The van der Waals surface area contributed by atoms with Gasteiger partial charge in [-0.05, 0) is 31.5 Å². The standard InChI is InChI=1S/C27H37N5O5/c1-20-5-3-4-6-23(20)27(37)24-8-7-22(29-21(24)2)17-32-15-13-30(18-25(33)34)11-9-28-10-12-31(14-16-32)19-26(35)36/h3-8,28H,9-19H2,1-2H3,(H,33,34)(H,35,36). The van der Waals surface area contributed by atoms with E-state index in [9.17, 15) is 24.6 Å². The molecule has 10 nitrogen and oxygen atoms in total. The molecule has 37 heavy (non-hydrogen) atoms. The Kier molecular flexibility index (Phi) is 10.7. The van der Waals surface area contributed by atoms with Crippen LogP contribution in [0.25, 0.3) is 0 Å². The zero-order chi connectivity index (χ0) is 26.8. The van der Waals surface area contributed by atoms with Crippen molar-refractivity contribution in [2.45, 2.75) is 20.4 Å². The largest absolute Gasteiger partial charge is 0.480 e. The third kappa shape index (κ3) is 9.01. The third-order valence-electron chi connectivity index (χ3n) is 6.56. The predicted octanol–water partition coefficient (Wildman–Crippen LogP) is 1.11. The molecule has 2 heterocycles. The highest BCUT2D eigenvalue weighted by Gasteiger charge is 2.19. The van der Waals surface area contributed by atoms with Crippen molar-refractivity contribution in [2.24, 2.45) is 0 Å². The summed E-state index contributed by atoms with van der Waals surface area (Å²) in [6, 6.07) is 11.2. The Labute approximate surface area is 217 Å². The van der Waals surface area contributed by atoms with E-state index in [-0.39, 0.29) is 18.9 Å². The molecule has 0 saturated carbocycles. The highest BCUT2D eigenvalue weighted by Crippen LogP contribution is 2.17. The molecule has 1 aromatic carbocycles. The molecule has 1 saturated heterocycles. The van der Waals surface area contributed by atoms with Gasteiger partial charge in [0.2, 0.25) is 0 Å². The summed E-state index contributed by atoms with van der Waals surface area (Å²) >= 11 is 0. The van der Waals surface area contributed by atoms with E-state index in [1.807, 2.05) is 60.0 Å². The first-order valence-corrected chi connectivity index (χ1v) is 12.6. The maximum absolute atomic E-state index is 13.1. The number of carboxylic acids is 2. The van der Waals surface area contributed by atoms with Crippen LogP contribution in [0.3, 0.4) is 0 Å². The SMILES string of the molecule is Cc1ccccc1C(=O)c1ccc(CN2CCN(CC(=O)O)CCNCCN(CC(=O)O)CC2)nc1C. The number of ketones is 1. The van der Waals surface area contributed by atoms with Crippen molar-refractivity contribution in [1.29, 1.82) is 0 Å². The highest BCUT2D eigenvalue weighted by atomic mass is 16.4. The zero-order valence-corrected chi connectivity index (χ0v) is 21.7. The van der Waals surface area contributed by atoms with Gasteiger partial charge >= 0.3 is 11.9 Å². The molecule has 0 aliphatic carbocycles. The number of benzene rings is 1. The summed E-state index contributed by atoms with van der Waals surface area (Å²) in [5, 5.41) is 21.9. The van der Waals surface area contributed by atoms with Gasteiger partial charge in [-0.3, -0.25) is 34.1 Å². The Hall–Kier alpha value is -3.18. The number of aliphatic carboxylic acids is 2. The molecule has 1 aliphatic rings. The average Bonchev–Trinajstić information content (AvgIpc) is 2.83. The lowest BCUT2D eigenvalue weighted by atomic mass is 9.98. The van der Waals surface area contributed by atoms with Crippen LogP contribution >= 0.6 is 0 Å². The van der Waals surface area contributed by atoms with Crippen LogP contribution in [-0.2, 0) is 16.1 Å². The average molecular weight is 512 g/mol. The van der Waals surface area contributed by atoms with Gasteiger partial charge in [0, 0.05) is 75.7 Å². The van der Waals surface area contributed by atoms with Gasteiger partial charge < -0.3 is 15.5 Å². The monoisotopic (exact) mass is 511 g/mol. The molecule has 1 aromatic heterocycles. The predicted molar refractivity (Wildman–Crippen MR) is 140 cm³/mol. The Balaban J connectivity index is 1.75. The number of carbonyl (C=O) groups excluding carboxylic acids is 1. The molecule has 10 heteroatoms. The molecular formula is C27H37N5O5. The van der Waals surface area contributed by atoms with Gasteiger partial charge in [0.1, 0.15) is 0 Å². The first-order chi connectivity index (χ1) is 17.7. The number of rotatable bonds is 8. The number of nitrogens with one attached hydrogen (secondary N) is 1. The number of aromatic nitrogens is 1. The molecule has 0 unspecified atom stereocenters. The van der Waals surface area contributed by atoms with E-state index < -0.39 is 11.9 Å². The van der Waals surface area contributed by atoms with Crippen molar-refractivity contribution in [3.05, 3.63) is 64.5 Å². The molecule has 0 radical (unpaired) electrons. The lowest BCUT2D eigenvalue weighted by molar-refractivity contribution is -0.139. The van der Waals surface area contributed by atoms with Crippen molar-refractivity contribution in [1.82, 2.24) is 25.0 Å². The second-order valence-electron chi connectivity index (χ2n) is 9.45. The van der Waals surface area contributed by atoms with Crippen molar-refractivity contribution in [3.63, 3.8) is 0 Å². The Morgan fingerprint density at radius 2 is 1.35 bits per heavy atom. The lowest BCUT2D eigenvalue weighted by Crippen LogP contribution is -2.46. The fraction of sp³-hybridized carbons (Fsp3) is 0.481. The molecule has 0 atom stereocenters. The van der Waals surface area contributed by atoms with Crippen molar-refractivity contribution in [3.8, 4) is 0 Å². The third-order valence-corrected chi connectivity index (χ3v) is 6.56. The Morgan fingerprint density at radius 3 is 1.89 bits per heavy atom. The summed E-state index contributed by atoms with van der Waals surface area (Å²) in [6.07, 6.45) is 0. The number of carboxylic acid groups (broad SMARTS) is 2. The normalized spacial score (nSPS) is 17.0. The number of hydrogen-bond donors (Lipinski definition) is 3. The van der Waals surface area contributed by atoms with Gasteiger partial charge in [0.05, 0.1) is 18.8 Å². The van der Waals surface area contributed by atoms with Gasteiger partial charge in [-0.1, -0.05) is 24.3 Å².